The quantitative estimate of drug-likeness (QED) is 0.923. The highest BCUT2D eigenvalue weighted by Gasteiger charge is 2.41. The molecule has 5 heteroatoms. The first-order valence-electron chi connectivity index (χ1n) is 7.81. The van der Waals surface area contributed by atoms with E-state index in [2.05, 4.69) is 0 Å². The van der Waals surface area contributed by atoms with Crippen LogP contribution in [0.5, 0.6) is 0 Å². The maximum atomic E-state index is 12.6. The zero-order chi connectivity index (χ0) is 15.5. The average Bonchev–Trinajstić information content (AvgIpc) is 3.01. The predicted octanol–water partition coefficient (Wildman–Crippen LogP) is 1.74. The Morgan fingerprint density at radius 1 is 1.09 bits per heavy atom. The van der Waals surface area contributed by atoms with Gasteiger partial charge in [-0.15, -0.1) is 0 Å². The highest BCUT2D eigenvalue weighted by molar-refractivity contribution is 5.81. The third-order valence-corrected chi connectivity index (χ3v) is 4.75. The van der Waals surface area contributed by atoms with Crippen molar-refractivity contribution in [2.24, 2.45) is 11.8 Å². The van der Waals surface area contributed by atoms with E-state index in [0.717, 1.165) is 18.4 Å². The van der Waals surface area contributed by atoms with Crippen molar-refractivity contribution in [3.8, 4) is 0 Å². The molecular formula is C17H21NO4. The number of likely N-dealkylation sites (tertiary alicyclic amines) is 1. The smallest absolute Gasteiger partial charge is 0.308 e. The zero-order valence-electron chi connectivity index (χ0n) is 12.5. The Morgan fingerprint density at radius 2 is 1.77 bits per heavy atom. The van der Waals surface area contributed by atoms with Gasteiger partial charge in [-0.3, -0.25) is 9.59 Å². The van der Waals surface area contributed by atoms with E-state index in [0.29, 0.717) is 26.3 Å². The second-order valence-corrected chi connectivity index (χ2v) is 6.09. The minimum Gasteiger partial charge on any atom is -0.481 e. The summed E-state index contributed by atoms with van der Waals surface area (Å²) in [5.74, 6) is -1.39. The van der Waals surface area contributed by atoms with Gasteiger partial charge in [0.05, 0.1) is 5.92 Å². The van der Waals surface area contributed by atoms with E-state index < -0.39 is 11.9 Å². The van der Waals surface area contributed by atoms with Crippen LogP contribution in [0.3, 0.4) is 0 Å². The Bertz CT molecular complexity index is 539. The molecular weight excluding hydrogens is 282 g/mol. The molecule has 22 heavy (non-hydrogen) atoms. The first-order chi connectivity index (χ1) is 10.7. The number of carbonyl (C=O) groups is 2. The van der Waals surface area contributed by atoms with E-state index in [4.69, 9.17) is 4.74 Å². The van der Waals surface area contributed by atoms with Gasteiger partial charge in [-0.05, 0) is 18.4 Å². The molecule has 1 aromatic carbocycles. The summed E-state index contributed by atoms with van der Waals surface area (Å²) in [6.45, 7) is 2.05. The Labute approximate surface area is 129 Å². The summed E-state index contributed by atoms with van der Waals surface area (Å²) in [7, 11) is 0. The van der Waals surface area contributed by atoms with E-state index in [1.165, 1.54) is 0 Å². The normalized spacial score (nSPS) is 26.1. The number of hydrogen-bond donors (Lipinski definition) is 1. The van der Waals surface area contributed by atoms with Gasteiger partial charge in [-0.1, -0.05) is 30.3 Å². The first-order valence-corrected chi connectivity index (χ1v) is 7.81. The zero-order valence-corrected chi connectivity index (χ0v) is 12.5. The second kappa shape index (κ2) is 6.48. The van der Waals surface area contributed by atoms with Crippen molar-refractivity contribution in [1.29, 1.82) is 0 Å². The molecule has 3 rings (SSSR count). The summed E-state index contributed by atoms with van der Waals surface area (Å²) < 4.78 is 5.30. The van der Waals surface area contributed by atoms with Crippen LogP contribution in [-0.4, -0.2) is 48.2 Å². The molecule has 0 bridgehead atoms. The van der Waals surface area contributed by atoms with Gasteiger partial charge in [-0.25, -0.2) is 0 Å². The molecule has 0 aromatic heterocycles. The topological polar surface area (TPSA) is 66.8 Å². The molecule has 0 spiro atoms. The number of carbonyl (C=O) groups excluding carboxylic acids is 1. The standard InChI is InChI=1S/C17H21NO4/c19-16(13-6-8-22-9-7-13)18-10-14(15(11-18)17(20)21)12-4-2-1-3-5-12/h1-5,13-15H,6-11H2,(H,20,21)/t14-,15+/m0/s1. The third-order valence-electron chi connectivity index (χ3n) is 4.75. The van der Waals surface area contributed by atoms with Crippen LogP contribution in [-0.2, 0) is 14.3 Å². The lowest BCUT2D eigenvalue weighted by Gasteiger charge is -2.26. The SMILES string of the molecule is O=C(O)[C@@H]1CN(C(=O)C2CCOCC2)C[C@H]1c1ccccc1. The minimum absolute atomic E-state index is 0.0160. The van der Waals surface area contributed by atoms with Gasteiger partial charge in [0.15, 0.2) is 0 Å². The second-order valence-electron chi connectivity index (χ2n) is 6.09. The van der Waals surface area contributed by atoms with Crippen molar-refractivity contribution >= 4 is 11.9 Å². The van der Waals surface area contributed by atoms with Crippen molar-refractivity contribution in [3.63, 3.8) is 0 Å². The summed E-state index contributed by atoms with van der Waals surface area (Å²) >= 11 is 0. The third kappa shape index (κ3) is 2.99. The molecule has 0 unspecified atom stereocenters. The van der Waals surface area contributed by atoms with Gasteiger partial charge in [0.2, 0.25) is 5.91 Å². The summed E-state index contributed by atoms with van der Waals surface area (Å²) in [4.78, 5) is 25.9. The fraction of sp³-hybridized carbons (Fsp3) is 0.529. The number of hydrogen-bond acceptors (Lipinski definition) is 3. The van der Waals surface area contributed by atoms with Gasteiger partial charge >= 0.3 is 5.97 Å². The molecule has 1 N–H and O–H groups in total. The lowest BCUT2D eigenvalue weighted by atomic mass is 9.89. The maximum Gasteiger partial charge on any atom is 0.308 e. The fourth-order valence-electron chi connectivity index (χ4n) is 3.47. The maximum absolute atomic E-state index is 12.6. The molecule has 2 heterocycles. The monoisotopic (exact) mass is 303 g/mol. The molecule has 1 aromatic rings. The number of nitrogens with zero attached hydrogens (tertiary/aromatic N) is 1. The van der Waals surface area contributed by atoms with Crippen LogP contribution >= 0.6 is 0 Å². The molecule has 0 radical (unpaired) electrons. The van der Waals surface area contributed by atoms with Crippen LogP contribution in [0.15, 0.2) is 30.3 Å². The van der Waals surface area contributed by atoms with Gasteiger partial charge in [0.25, 0.3) is 0 Å². The number of carboxylic acids is 1. The summed E-state index contributed by atoms with van der Waals surface area (Å²) in [5, 5.41) is 9.50. The van der Waals surface area contributed by atoms with E-state index in [9.17, 15) is 14.7 Å². The number of ether oxygens (including phenoxy) is 1. The summed E-state index contributed by atoms with van der Waals surface area (Å²) in [6.07, 6.45) is 1.48. The molecule has 2 atom stereocenters. The molecule has 0 aliphatic carbocycles. The van der Waals surface area contributed by atoms with Crippen LogP contribution in [0.2, 0.25) is 0 Å². The largest absolute Gasteiger partial charge is 0.481 e. The number of carboxylic acid groups (broad SMARTS) is 1. The van der Waals surface area contributed by atoms with Crippen molar-refractivity contribution in [1.82, 2.24) is 4.90 Å². The average molecular weight is 303 g/mol. The highest BCUT2D eigenvalue weighted by atomic mass is 16.5. The van der Waals surface area contributed by atoms with Crippen molar-refractivity contribution < 1.29 is 19.4 Å². The summed E-state index contributed by atoms with van der Waals surface area (Å²) in [5.41, 5.74) is 0.997. The first kappa shape index (κ1) is 15.0. The molecule has 2 aliphatic heterocycles. The summed E-state index contributed by atoms with van der Waals surface area (Å²) in [6, 6.07) is 9.64. The van der Waals surface area contributed by atoms with E-state index in [1.807, 2.05) is 30.3 Å². The Morgan fingerprint density at radius 3 is 2.41 bits per heavy atom. The number of rotatable bonds is 3. The minimum atomic E-state index is -0.823. The van der Waals surface area contributed by atoms with Crippen molar-refractivity contribution in [2.75, 3.05) is 26.3 Å². The van der Waals surface area contributed by atoms with E-state index in [1.54, 1.807) is 4.90 Å². The molecule has 0 saturated carbocycles. The van der Waals surface area contributed by atoms with Crippen molar-refractivity contribution in [2.45, 2.75) is 18.8 Å². The lowest BCUT2D eigenvalue weighted by Crippen LogP contribution is -2.37. The van der Waals surface area contributed by atoms with Gasteiger partial charge in [-0.2, -0.15) is 0 Å². The molecule has 2 fully saturated rings. The van der Waals surface area contributed by atoms with Crippen LogP contribution in [0.25, 0.3) is 0 Å². The Balaban J connectivity index is 1.75. The van der Waals surface area contributed by atoms with E-state index >= 15 is 0 Å². The molecule has 2 aliphatic rings. The molecule has 118 valence electrons. The van der Waals surface area contributed by atoms with Crippen LogP contribution in [0.4, 0.5) is 0 Å². The molecule has 1 amide bonds. The van der Waals surface area contributed by atoms with Gasteiger partial charge in [0.1, 0.15) is 0 Å². The molecule has 5 nitrogen and oxygen atoms in total. The lowest BCUT2D eigenvalue weighted by molar-refractivity contribution is -0.142. The van der Waals surface area contributed by atoms with Crippen molar-refractivity contribution in [3.05, 3.63) is 35.9 Å². The molecule has 2 saturated heterocycles. The van der Waals surface area contributed by atoms with Gasteiger partial charge in [0, 0.05) is 38.1 Å². The predicted molar refractivity (Wildman–Crippen MR) is 80.4 cm³/mol. The number of amides is 1. The van der Waals surface area contributed by atoms with E-state index in [-0.39, 0.29) is 17.7 Å². The number of benzene rings is 1. The number of aliphatic carboxylic acids is 1. The fourth-order valence-corrected chi connectivity index (χ4v) is 3.47. The van der Waals surface area contributed by atoms with Gasteiger partial charge < -0.3 is 14.7 Å². The van der Waals surface area contributed by atoms with Crippen LogP contribution in [0, 0.1) is 11.8 Å². The van der Waals surface area contributed by atoms with Crippen LogP contribution < -0.4 is 0 Å². The highest BCUT2D eigenvalue weighted by Crippen LogP contribution is 2.34. The van der Waals surface area contributed by atoms with Crippen LogP contribution in [0.1, 0.15) is 24.3 Å². The Kier molecular flexibility index (Phi) is 4.43. The Hall–Kier alpha value is -1.88.